The molecule has 0 radical (unpaired) electrons. The van der Waals surface area contributed by atoms with E-state index in [0.717, 1.165) is 11.1 Å². The van der Waals surface area contributed by atoms with Crippen LogP contribution in [0, 0.1) is 6.92 Å². The number of nitrogens with zero attached hydrogens (tertiary/aromatic N) is 2. The predicted molar refractivity (Wildman–Crippen MR) is 140 cm³/mol. The highest BCUT2D eigenvalue weighted by Crippen LogP contribution is 2.28. The molecule has 0 aliphatic carbocycles. The summed E-state index contributed by atoms with van der Waals surface area (Å²) < 4.78 is 12.4. The Hall–Kier alpha value is -3.35. The van der Waals surface area contributed by atoms with Crippen LogP contribution in [0.4, 0.5) is 0 Å². The first-order chi connectivity index (χ1) is 17.3. The molecule has 1 atom stereocenters. The largest absolute Gasteiger partial charge is 0.490 e. The van der Waals surface area contributed by atoms with Gasteiger partial charge in [0.2, 0.25) is 5.91 Å². The summed E-state index contributed by atoms with van der Waals surface area (Å²) in [4.78, 5) is 30.0. The molecule has 3 aromatic rings. The number of hydrogen-bond donors (Lipinski definition) is 0. The van der Waals surface area contributed by atoms with Gasteiger partial charge in [0.05, 0.1) is 19.6 Å². The number of benzene rings is 3. The zero-order valence-electron chi connectivity index (χ0n) is 20.7. The molecular formula is C29H31ClN2O4. The molecule has 36 heavy (non-hydrogen) atoms. The van der Waals surface area contributed by atoms with Gasteiger partial charge >= 0.3 is 0 Å². The van der Waals surface area contributed by atoms with E-state index < -0.39 is 5.60 Å². The Morgan fingerprint density at radius 3 is 2.44 bits per heavy atom. The van der Waals surface area contributed by atoms with Crippen molar-refractivity contribution >= 4 is 23.4 Å². The fraction of sp³-hybridized carbons (Fsp3) is 0.310. The smallest absolute Gasteiger partial charge is 0.254 e. The number of carbonyl (C=O) groups excluding carboxylic acids is 2. The average molecular weight is 507 g/mol. The number of carbonyl (C=O) groups is 2. The van der Waals surface area contributed by atoms with Crippen LogP contribution in [-0.4, -0.2) is 60.6 Å². The molecule has 1 heterocycles. The molecular weight excluding hydrogens is 476 g/mol. The van der Waals surface area contributed by atoms with E-state index in [1.165, 1.54) is 0 Å². The fourth-order valence-corrected chi connectivity index (χ4v) is 4.42. The highest BCUT2D eigenvalue weighted by molar-refractivity contribution is 6.31. The maximum atomic E-state index is 13.3. The van der Waals surface area contributed by atoms with Gasteiger partial charge in [-0.3, -0.25) is 9.59 Å². The van der Waals surface area contributed by atoms with Gasteiger partial charge < -0.3 is 19.3 Å². The van der Waals surface area contributed by atoms with E-state index in [1.54, 1.807) is 41.1 Å². The second-order valence-corrected chi connectivity index (χ2v) is 9.64. The third-order valence-corrected chi connectivity index (χ3v) is 6.77. The topological polar surface area (TPSA) is 59.1 Å². The van der Waals surface area contributed by atoms with Crippen molar-refractivity contribution < 1.29 is 19.1 Å². The minimum atomic E-state index is -0.988. The quantitative estimate of drug-likeness (QED) is 0.432. The minimum Gasteiger partial charge on any atom is -0.490 e. The van der Waals surface area contributed by atoms with Crippen LogP contribution < -0.4 is 4.74 Å². The Bertz CT molecular complexity index is 1190. The van der Waals surface area contributed by atoms with E-state index >= 15 is 0 Å². The summed E-state index contributed by atoms with van der Waals surface area (Å²) in [6, 6.07) is 24.4. The van der Waals surface area contributed by atoms with E-state index in [0.29, 0.717) is 36.0 Å². The molecule has 0 spiro atoms. The summed E-state index contributed by atoms with van der Waals surface area (Å²) in [6.45, 7) is 3.53. The molecule has 6 nitrogen and oxygen atoms in total. The lowest BCUT2D eigenvalue weighted by atomic mass is 9.96. The molecule has 0 aromatic heterocycles. The normalized spacial score (nSPS) is 17.5. The summed E-state index contributed by atoms with van der Waals surface area (Å²) >= 11 is 6.16. The number of amides is 2. The van der Waals surface area contributed by atoms with Gasteiger partial charge in [-0.05, 0) is 48.4 Å². The van der Waals surface area contributed by atoms with Crippen molar-refractivity contribution in [3.8, 4) is 5.75 Å². The van der Waals surface area contributed by atoms with E-state index in [2.05, 4.69) is 0 Å². The monoisotopic (exact) mass is 506 g/mol. The zero-order chi connectivity index (χ0) is 25.5. The second kappa shape index (κ2) is 11.6. The molecule has 0 saturated carbocycles. The Kier molecular flexibility index (Phi) is 8.28. The lowest BCUT2D eigenvalue weighted by molar-refractivity contribution is -0.152. The van der Waals surface area contributed by atoms with Crippen LogP contribution >= 0.6 is 11.6 Å². The summed E-state index contributed by atoms with van der Waals surface area (Å²) in [5.74, 6) is 0.468. The van der Waals surface area contributed by atoms with Crippen molar-refractivity contribution in [3.05, 3.63) is 101 Å². The van der Waals surface area contributed by atoms with Gasteiger partial charge in [-0.2, -0.15) is 0 Å². The molecule has 2 amide bonds. The van der Waals surface area contributed by atoms with Gasteiger partial charge in [0.1, 0.15) is 18.0 Å². The van der Waals surface area contributed by atoms with Crippen LogP contribution in [0.3, 0.4) is 0 Å². The molecule has 4 rings (SSSR count). The van der Waals surface area contributed by atoms with Crippen molar-refractivity contribution in [2.75, 3.05) is 33.4 Å². The molecule has 0 N–H and O–H groups in total. The van der Waals surface area contributed by atoms with Gasteiger partial charge in [0.15, 0.2) is 0 Å². The number of hydrogen-bond acceptors (Lipinski definition) is 4. The number of ether oxygens (including phenoxy) is 2. The standard InChI is InChI=1S/C29H31ClN2O4/c1-22-17-25(13-14-26(22)30)35-21-29(18-27(33)31(2)19-23-9-5-3-6-10-23)20-32(15-16-36-29)28(34)24-11-7-4-8-12-24/h3-14,17H,15-16,18-21H2,1-2H3/t29-/m1/s1. The van der Waals surface area contributed by atoms with Gasteiger partial charge in [0, 0.05) is 30.7 Å². The Balaban J connectivity index is 1.53. The van der Waals surface area contributed by atoms with Crippen LogP contribution in [0.2, 0.25) is 5.02 Å². The molecule has 7 heteroatoms. The van der Waals surface area contributed by atoms with Crippen molar-refractivity contribution in [2.24, 2.45) is 0 Å². The maximum absolute atomic E-state index is 13.3. The van der Waals surface area contributed by atoms with Gasteiger partial charge in [-0.15, -0.1) is 0 Å². The highest BCUT2D eigenvalue weighted by atomic mass is 35.5. The van der Waals surface area contributed by atoms with Crippen LogP contribution in [0.5, 0.6) is 5.75 Å². The minimum absolute atomic E-state index is 0.0799. The first kappa shape index (κ1) is 25.7. The molecule has 1 fully saturated rings. The number of halogens is 1. The second-order valence-electron chi connectivity index (χ2n) is 9.24. The van der Waals surface area contributed by atoms with Gasteiger partial charge in [0.25, 0.3) is 5.91 Å². The lowest BCUT2D eigenvalue weighted by Crippen LogP contribution is -2.58. The maximum Gasteiger partial charge on any atom is 0.254 e. The van der Waals surface area contributed by atoms with Crippen molar-refractivity contribution in [3.63, 3.8) is 0 Å². The number of rotatable bonds is 8. The van der Waals surface area contributed by atoms with Crippen LogP contribution in [0.25, 0.3) is 0 Å². The third kappa shape index (κ3) is 6.45. The molecule has 1 aliphatic rings. The zero-order valence-corrected chi connectivity index (χ0v) is 21.4. The van der Waals surface area contributed by atoms with Crippen molar-refractivity contribution in [1.82, 2.24) is 9.80 Å². The van der Waals surface area contributed by atoms with Crippen LogP contribution in [0.15, 0.2) is 78.9 Å². The first-order valence-corrected chi connectivity index (χ1v) is 12.4. The molecule has 188 valence electrons. The van der Waals surface area contributed by atoms with E-state index in [9.17, 15) is 9.59 Å². The first-order valence-electron chi connectivity index (χ1n) is 12.0. The lowest BCUT2D eigenvalue weighted by Gasteiger charge is -2.42. The SMILES string of the molecule is Cc1cc(OC[C@@]2(CC(=O)N(C)Cc3ccccc3)CN(C(=O)c3ccccc3)CCO2)ccc1Cl. The van der Waals surface area contributed by atoms with Gasteiger partial charge in [-0.25, -0.2) is 0 Å². The summed E-state index contributed by atoms with van der Waals surface area (Å²) in [5, 5.41) is 0.656. The highest BCUT2D eigenvalue weighted by Gasteiger charge is 2.42. The fourth-order valence-electron chi connectivity index (χ4n) is 4.30. The molecule has 1 saturated heterocycles. The van der Waals surface area contributed by atoms with Crippen molar-refractivity contribution in [2.45, 2.75) is 25.5 Å². The third-order valence-electron chi connectivity index (χ3n) is 6.35. The van der Waals surface area contributed by atoms with Gasteiger partial charge in [-0.1, -0.05) is 60.1 Å². The Morgan fingerprint density at radius 2 is 1.75 bits per heavy atom. The van der Waals surface area contributed by atoms with E-state index in [4.69, 9.17) is 21.1 Å². The molecule has 3 aromatic carbocycles. The van der Waals surface area contributed by atoms with E-state index in [-0.39, 0.29) is 31.4 Å². The summed E-state index contributed by atoms with van der Waals surface area (Å²) in [5.41, 5.74) is 1.56. The van der Waals surface area contributed by atoms with Crippen LogP contribution in [-0.2, 0) is 16.1 Å². The molecule has 0 unspecified atom stereocenters. The Morgan fingerprint density at radius 1 is 1.06 bits per heavy atom. The number of morpholine rings is 1. The molecule has 1 aliphatic heterocycles. The van der Waals surface area contributed by atoms with E-state index in [1.807, 2.05) is 61.5 Å². The van der Waals surface area contributed by atoms with Crippen LogP contribution in [0.1, 0.15) is 27.9 Å². The molecule has 0 bridgehead atoms. The summed E-state index contributed by atoms with van der Waals surface area (Å²) in [7, 11) is 1.78. The average Bonchev–Trinajstić information content (AvgIpc) is 2.90. The summed E-state index contributed by atoms with van der Waals surface area (Å²) in [6.07, 6.45) is 0.0848. The number of aryl methyl sites for hydroxylation is 1. The predicted octanol–water partition coefficient (Wildman–Crippen LogP) is 4.99. The Labute approximate surface area is 217 Å². The van der Waals surface area contributed by atoms with Crippen molar-refractivity contribution in [1.29, 1.82) is 0 Å².